The minimum Gasteiger partial charge on any atom is -0.486 e. The van der Waals surface area contributed by atoms with Gasteiger partial charge in [-0.05, 0) is 6.07 Å². The molecular weight excluding hydrogens is 228 g/mol. The van der Waals surface area contributed by atoms with E-state index in [-0.39, 0.29) is 5.56 Å². The van der Waals surface area contributed by atoms with E-state index in [1.54, 1.807) is 5.51 Å². The van der Waals surface area contributed by atoms with Gasteiger partial charge in [-0.25, -0.2) is 9.78 Å². The maximum absolute atomic E-state index is 10.7. The van der Waals surface area contributed by atoms with Crippen LogP contribution in [0.25, 0.3) is 0 Å². The summed E-state index contributed by atoms with van der Waals surface area (Å²) >= 11 is 1.48. The van der Waals surface area contributed by atoms with Gasteiger partial charge in [0.2, 0.25) is 0 Å². The Morgan fingerprint density at radius 3 is 3.06 bits per heavy atom. The third kappa shape index (κ3) is 2.54. The minimum absolute atomic E-state index is 0.107. The summed E-state index contributed by atoms with van der Waals surface area (Å²) < 4.78 is 5.36. The lowest BCUT2D eigenvalue weighted by Gasteiger charge is -2.03. The van der Waals surface area contributed by atoms with Gasteiger partial charge in [-0.1, -0.05) is 0 Å². The zero-order chi connectivity index (χ0) is 11.4. The number of carbonyl (C=O) groups is 1. The van der Waals surface area contributed by atoms with Crippen molar-refractivity contribution in [2.45, 2.75) is 6.61 Å². The summed E-state index contributed by atoms with van der Waals surface area (Å²) in [6.45, 7) is 0.314. The first kappa shape index (κ1) is 10.6. The predicted octanol–water partition coefficient (Wildman–Crippen LogP) is 1.82. The molecule has 0 fully saturated rings. The molecule has 2 heterocycles. The van der Waals surface area contributed by atoms with Crippen LogP contribution in [-0.4, -0.2) is 21.0 Å². The van der Waals surface area contributed by atoms with Crippen LogP contribution in [0.5, 0.6) is 5.75 Å². The van der Waals surface area contributed by atoms with E-state index in [4.69, 9.17) is 9.84 Å². The van der Waals surface area contributed by atoms with E-state index in [0.717, 1.165) is 5.69 Å². The molecule has 2 aromatic rings. The first-order valence-electron chi connectivity index (χ1n) is 4.44. The summed E-state index contributed by atoms with van der Waals surface area (Å²) in [7, 11) is 0. The molecule has 0 atom stereocenters. The van der Waals surface area contributed by atoms with Gasteiger partial charge in [0.05, 0.1) is 23.0 Å². The summed E-state index contributed by atoms with van der Waals surface area (Å²) in [5.74, 6) is -0.598. The molecule has 1 N–H and O–H groups in total. The zero-order valence-corrected chi connectivity index (χ0v) is 8.98. The number of aromatic nitrogens is 2. The summed E-state index contributed by atoms with van der Waals surface area (Å²) in [6.07, 6.45) is 2.75. The highest BCUT2D eigenvalue weighted by molar-refractivity contribution is 7.07. The molecule has 0 saturated carbocycles. The van der Waals surface area contributed by atoms with E-state index >= 15 is 0 Å². The summed E-state index contributed by atoms with van der Waals surface area (Å²) in [6, 6.07) is 1.43. The molecule has 0 amide bonds. The molecule has 0 aliphatic carbocycles. The van der Waals surface area contributed by atoms with Gasteiger partial charge in [0, 0.05) is 11.6 Å². The van der Waals surface area contributed by atoms with Crippen LogP contribution in [0.4, 0.5) is 0 Å². The van der Waals surface area contributed by atoms with Gasteiger partial charge >= 0.3 is 5.97 Å². The first-order chi connectivity index (χ1) is 7.75. The van der Waals surface area contributed by atoms with Gasteiger partial charge in [0.25, 0.3) is 0 Å². The lowest BCUT2D eigenvalue weighted by molar-refractivity contribution is 0.0696. The van der Waals surface area contributed by atoms with Crippen LogP contribution >= 0.6 is 11.3 Å². The van der Waals surface area contributed by atoms with Crippen LogP contribution in [0, 0.1) is 0 Å². The topological polar surface area (TPSA) is 72.3 Å². The van der Waals surface area contributed by atoms with Gasteiger partial charge < -0.3 is 9.84 Å². The molecule has 0 aromatic carbocycles. The van der Waals surface area contributed by atoms with Gasteiger partial charge in [0.1, 0.15) is 12.4 Å². The zero-order valence-electron chi connectivity index (χ0n) is 8.16. The van der Waals surface area contributed by atoms with Crippen LogP contribution in [0.15, 0.2) is 29.4 Å². The fourth-order valence-corrected chi connectivity index (χ4v) is 1.62. The number of carboxylic acids is 1. The lowest BCUT2D eigenvalue weighted by Crippen LogP contribution is -2.00. The molecule has 2 rings (SSSR count). The van der Waals surface area contributed by atoms with Crippen LogP contribution in [0.3, 0.4) is 0 Å². The Morgan fingerprint density at radius 1 is 1.50 bits per heavy atom. The van der Waals surface area contributed by atoms with E-state index in [1.807, 2.05) is 5.38 Å². The van der Waals surface area contributed by atoms with Gasteiger partial charge in [-0.15, -0.1) is 11.3 Å². The molecule has 0 bridgehead atoms. The van der Waals surface area contributed by atoms with Gasteiger partial charge in [0.15, 0.2) is 0 Å². The van der Waals surface area contributed by atoms with Gasteiger partial charge in [-0.3, -0.25) is 4.98 Å². The smallest absolute Gasteiger partial charge is 0.337 e. The Morgan fingerprint density at radius 2 is 2.38 bits per heavy atom. The van der Waals surface area contributed by atoms with Crippen molar-refractivity contribution in [1.82, 2.24) is 9.97 Å². The van der Waals surface area contributed by atoms with Crippen molar-refractivity contribution in [3.05, 3.63) is 40.6 Å². The number of pyridine rings is 1. The molecule has 0 aliphatic rings. The van der Waals surface area contributed by atoms with Crippen LogP contribution in [-0.2, 0) is 6.61 Å². The summed E-state index contributed by atoms with van der Waals surface area (Å²) in [4.78, 5) is 18.5. The van der Waals surface area contributed by atoms with Crippen LogP contribution in [0.1, 0.15) is 16.1 Å². The van der Waals surface area contributed by atoms with Crippen molar-refractivity contribution in [2.24, 2.45) is 0 Å². The maximum atomic E-state index is 10.7. The number of carboxylic acid groups (broad SMARTS) is 1. The number of rotatable bonds is 4. The largest absolute Gasteiger partial charge is 0.486 e. The van der Waals surface area contributed by atoms with E-state index in [2.05, 4.69) is 9.97 Å². The standard InChI is InChI=1S/C10H8N2O3S/c13-10(14)7-1-9(3-11-2-7)15-4-8-5-16-6-12-8/h1-3,5-6H,4H2,(H,13,14). The molecule has 0 saturated heterocycles. The molecule has 2 aromatic heterocycles. The third-order valence-electron chi connectivity index (χ3n) is 1.83. The first-order valence-corrected chi connectivity index (χ1v) is 5.38. The number of hydrogen-bond acceptors (Lipinski definition) is 5. The second-order valence-electron chi connectivity index (χ2n) is 2.98. The van der Waals surface area contributed by atoms with Crippen molar-refractivity contribution >= 4 is 17.3 Å². The summed E-state index contributed by atoms with van der Waals surface area (Å²) in [5, 5.41) is 10.6. The Labute approximate surface area is 95.4 Å². The SMILES string of the molecule is O=C(O)c1cncc(OCc2cscn2)c1. The highest BCUT2D eigenvalue weighted by Crippen LogP contribution is 2.13. The molecule has 16 heavy (non-hydrogen) atoms. The van der Waals surface area contributed by atoms with Crippen molar-refractivity contribution in [3.8, 4) is 5.75 Å². The van der Waals surface area contributed by atoms with Crippen molar-refractivity contribution in [2.75, 3.05) is 0 Å². The predicted molar refractivity (Wildman–Crippen MR) is 57.6 cm³/mol. The van der Waals surface area contributed by atoms with Gasteiger partial charge in [-0.2, -0.15) is 0 Å². The minimum atomic E-state index is -1.02. The number of hydrogen-bond donors (Lipinski definition) is 1. The number of thiazole rings is 1. The Hall–Kier alpha value is -1.95. The summed E-state index contributed by atoms with van der Waals surface area (Å²) in [5.41, 5.74) is 2.63. The second kappa shape index (κ2) is 4.71. The molecule has 0 unspecified atom stereocenters. The molecule has 0 radical (unpaired) electrons. The van der Waals surface area contributed by atoms with Crippen molar-refractivity contribution in [1.29, 1.82) is 0 Å². The lowest BCUT2D eigenvalue weighted by atomic mass is 10.3. The van der Waals surface area contributed by atoms with E-state index in [1.165, 1.54) is 29.8 Å². The maximum Gasteiger partial charge on any atom is 0.337 e. The highest BCUT2D eigenvalue weighted by atomic mass is 32.1. The molecule has 82 valence electrons. The fourth-order valence-electron chi connectivity index (χ4n) is 1.08. The van der Waals surface area contributed by atoms with E-state index < -0.39 is 5.97 Å². The monoisotopic (exact) mass is 236 g/mol. The average Bonchev–Trinajstić information content (AvgIpc) is 2.79. The number of aromatic carboxylic acids is 1. The van der Waals surface area contributed by atoms with Crippen LogP contribution in [0.2, 0.25) is 0 Å². The quantitative estimate of drug-likeness (QED) is 0.876. The van der Waals surface area contributed by atoms with E-state index in [0.29, 0.717) is 12.4 Å². The van der Waals surface area contributed by atoms with Crippen molar-refractivity contribution < 1.29 is 14.6 Å². The normalized spacial score (nSPS) is 10.0. The molecule has 0 spiro atoms. The Balaban J connectivity index is 2.04. The highest BCUT2D eigenvalue weighted by Gasteiger charge is 2.05. The molecule has 5 nitrogen and oxygen atoms in total. The fraction of sp³-hybridized carbons (Fsp3) is 0.100. The average molecular weight is 236 g/mol. The Bertz CT molecular complexity index is 485. The number of nitrogens with zero attached hydrogens (tertiary/aromatic N) is 2. The number of ether oxygens (including phenoxy) is 1. The molecular formula is C10H8N2O3S. The van der Waals surface area contributed by atoms with Crippen molar-refractivity contribution in [3.63, 3.8) is 0 Å². The van der Waals surface area contributed by atoms with Crippen LogP contribution < -0.4 is 4.74 Å². The Kier molecular flexibility index (Phi) is 3.11. The second-order valence-corrected chi connectivity index (χ2v) is 3.70. The van der Waals surface area contributed by atoms with E-state index in [9.17, 15) is 4.79 Å². The molecule has 0 aliphatic heterocycles. The third-order valence-corrected chi connectivity index (χ3v) is 2.47. The molecule has 6 heteroatoms.